The highest BCUT2D eigenvalue weighted by Crippen LogP contribution is 2.37. The molecule has 2 aromatic carbocycles. The number of nitrogens with zero attached hydrogens (tertiary/aromatic N) is 2. The van der Waals surface area contributed by atoms with Crippen LogP contribution in [0.1, 0.15) is 26.3 Å². The number of benzene rings is 2. The highest BCUT2D eigenvalue weighted by molar-refractivity contribution is 6.08. The van der Waals surface area contributed by atoms with Crippen LogP contribution >= 0.6 is 0 Å². The molecule has 0 radical (unpaired) electrons. The Morgan fingerprint density at radius 2 is 1.58 bits per heavy atom. The van der Waals surface area contributed by atoms with Crippen molar-refractivity contribution in [3.63, 3.8) is 0 Å². The number of hydrogen-bond acceptors (Lipinski definition) is 5. The van der Waals surface area contributed by atoms with Crippen molar-refractivity contribution in [2.45, 2.75) is 26.4 Å². The van der Waals surface area contributed by atoms with Crippen LogP contribution in [0, 0.1) is 0 Å². The molecule has 0 unspecified atom stereocenters. The summed E-state index contributed by atoms with van der Waals surface area (Å²) in [4.78, 5) is 28.9. The number of amides is 2. The summed E-state index contributed by atoms with van der Waals surface area (Å²) in [5, 5.41) is 0. The molecule has 2 amide bonds. The summed E-state index contributed by atoms with van der Waals surface area (Å²) >= 11 is 0. The van der Waals surface area contributed by atoms with Gasteiger partial charge in [0.1, 0.15) is 17.1 Å². The topological polar surface area (TPSA) is 68.3 Å². The first-order valence-electron chi connectivity index (χ1n) is 10.0. The smallest absolute Gasteiger partial charge is 0.414 e. The van der Waals surface area contributed by atoms with Crippen molar-refractivity contribution in [2.24, 2.45) is 0 Å². The van der Waals surface area contributed by atoms with Crippen molar-refractivity contribution in [2.75, 3.05) is 37.1 Å². The predicted molar refractivity (Wildman–Crippen MR) is 121 cm³/mol. The second-order valence-corrected chi connectivity index (χ2v) is 8.09. The van der Waals surface area contributed by atoms with Gasteiger partial charge in [-0.1, -0.05) is 12.1 Å². The van der Waals surface area contributed by atoms with Gasteiger partial charge in [0.05, 0.1) is 25.6 Å². The first kappa shape index (κ1) is 22.2. The molecule has 0 aliphatic carbocycles. The minimum atomic E-state index is -0.615. The Kier molecular flexibility index (Phi) is 6.53. The monoisotopic (exact) mass is 424 g/mol. The number of fused-ring (bicyclic) bond motifs is 1. The van der Waals surface area contributed by atoms with Crippen LogP contribution in [0.5, 0.6) is 11.5 Å². The standard InChI is InChI=1S/C24H28N2O5/c1-24(2,3)31-23(28)26-14-13-25(21-16-19(30-5)10-11-20(21)26)22(27)12-9-17-7-6-8-18(15-17)29-4/h6-12,15-16H,13-14H2,1-5H3. The van der Waals surface area contributed by atoms with E-state index in [4.69, 9.17) is 14.2 Å². The van der Waals surface area contributed by atoms with Gasteiger partial charge in [-0.25, -0.2) is 4.79 Å². The molecule has 1 aliphatic rings. The molecule has 0 saturated heterocycles. The minimum absolute atomic E-state index is 0.193. The van der Waals surface area contributed by atoms with Crippen LogP contribution in [0.2, 0.25) is 0 Å². The molecule has 31 heavy (non-hydrogen) atoms. The first-order valence-corrected chi connectivity index (χ1v) is 10.0. The zero-order chi connectivity index (χ0) is 22.6. The molecule has 0 aromatic heterocycles. The molecule has 3 rings (SSSR count). The molecule has 0 spiro atoms. The molecule has 7 nitrogen and oxygen atoms in total. The number of anilines is 2. The maximum Gasteiger partial charge on any atom is 0.414 e. The number of rotatable bonds is 4. The lowest BCUT2D eigenvalue weighted by Gasteiger charge is -2.37. The third kappa shape index (κ3) is 5.36. The summed E-state index contributed by atoms with van der Waals surface area (Å²) in [6.45, 7) is 6.13. The lowest BCUT2D eigenvalue weighted by molar-refractivity contribution is -0.114. The van der Waals surface area contributed by atoms with Gasteiger partial charge < -0.3 is 19.1 Å². The van der Waals surface area contributed by atoms with E-state index in [1.54, 1.807) is 48.3 Å². The fourth-order valence-corrected chi connectivity index (χ4v) is 3.25. The molecule has 7 heteroatoms. The lowest BCUT2D eigenvalue weighted by Crippen LogP contribution is -2.47. The fraction of sp³-hybridized carbons (Fsp3) is 0.333. The van der Waals surface area contributed by atoms with Crippen LogP contribution in [0.4, 0.5) is 16.2 Å². The van der Waals surface area contributed by atoms with E-state index in [0.717, 1.165) is 11.3 Å². The summed E-state index contributed by atoms with van der Waals surface area (Å²) < 4.78 is 16.1. The van der Waals surface area contributed by atoms with Crippen LogP contribution in [0.25, 0.3) is 6.08 Å². The van der Waals surface area contributed by atoms with Gasteiger partial charge in [0.15, 0.2) is 0 Å². The van der Waals surface area contributed by atoms with Gasteiger partial charge in [0.25, 0.3) is 5.91 Å². The maximum atomic E-state index is 13.0. The Balaban J connectivity index is 1.89. The lowest BCUT2D eigenvalue weighted by atomic mass is 10.1. The van der Waals surface area contributed by atoms with Crippen LogP contribution in [0.3, 0.4) is 0 Å². The highest BCUT2D eigenvalue weighted by Gasteiger charge is 2.32. The van der Waals surface area contributed by atoms with Crippen molar-refractivity contribution in [3.8, 4) is 11.5 Å². The predicted octanol–water partition coefficient (Wildman–Crippen LogP) is 4.51. The van der Waals surface area contributed by atoms with Crippen molar-refractivity contribution in [1.29, 1.82) is 0 Å². The first-order chi connectivity index (χ1) is 14.7. The molecule has 0 bridgehead atoms. The minimum Gasteiger partial charge on any atom is -0.497 e. The largest absolute Gasteiger partial charge is 0.497 e. The molecule has 0 N–H and O–H groups in total. The van der Waals surface area contributed by atoms with E-state index in [1.165, 1.54) is 6.08 Å². The summed E-state index contributed by atoms with van der Waals surface area (Å²) in [6, 6.07) is 12.7. The van der Waals surface area contributed by atoms with E-state index in [0.29, 0.717) is 30.2 Å². The molecule has 1 aliphatic heterocycles. The zero-order valence-electron chi connectivity index (χ0n) is 18.5. The molecule has 1 heterocycles. The maximum absolute atomic E-state index is 13.0. The summed E-state index contributed by atoms with van der Waals surface area (Å²) in [5.74, 6) is 1.12. The average molecular weight is 424 g/mol. The highest BCUT2D eigenvalue weighted by atomic mass is 16.6. The Morgan fingerprint density at radius 1 is 0.903 bits per heavy atom. The second kappa shape index (κ2) is 9.12. The summed E-state index contributed by atoms with van der Waals surface area (Å²) in [5.41, 5.74) is 1.43. The number of carbonyl (C=O) groups is 2. The molecular formula is C24H28N2O5. The third-order valence-electron chi connectivity index (χ3n) is 4.70. The number of carbonyl (C=O) groups excluding carboxylic acids is 2. The van der Waals surface area contributed by atoms with E-state index in [2.05, 4.69) is 0 Å². The number of ether oxygens (including phenoxy) is 3. The van der Waals surface area contributed by atoms with E-state index in [-0.39, 0.29) is 5.91 Å². The van der Waals surface area contributed by atoms with Crippen molar-refractivity contribution in [1.82, 2.24) is 0 Å². The van der Waals surface area contributed by atoms with Crippen LogP contribution < -0.4 is 19.3 Å². The van der Waals surface area contributed by atoms with Crippen LogP contribution in [0.15, 0.2) is 48.5 Å². The molecular weight excluding hydrogens is 396 g/mol. The number of hydrogen-bond donors (Lipinski definition) is 0. The molecule has 0 fully saturated rings. The van der Waals surface area contributed by atoms with Crippen molar-refractivity contribution >= 4 is 29.5 Å². The second-order valence-electron chi connectivity index (χ2n) is 8.09. The van der Waals surface area contributed by atoms with E-state index >= 15 is 0 Å². The van der Waals surface area contributed by atoms with Gasteiger partial charge in [-0.3, -0.25) is 9.69 Å². The van der Waals surface area contributed by atoms with Gasteiger partial charge in [0, 0.05) is 25.2 Å². The molecule has 164 valence electrons. The summed E-state index contributed by atoms with van der Waals surface area (Å²) in [6.07, 6.45) is 2.81. The van der Waals surface area contributed by atoms with Crippen molar-refractivity contribution < 1.29 is 23.8 Å². The molecule has 0 atom stereocenters. The van der Waals surface area contributed by atoms with Crippen LogP contribution in [-0.2, 0) is 9.53 Å². The average Bonchev–Trinajstić information content (AvgIpc) is 2.75. The Bertz CT molecular complexity index is 994. The summed E-state index contributed by atoms with van der Waals surface area (Å²) in [7, 11) is 3.16. The Labute approximate surface area is 182 Å². The SMILES string of the molecule is COc1cccc(C=CC(=O)N2CCN(C(=O)OC(C)(C)C)c3ccc(OC)cc32)c1. The third-order valence-corrected chi connectivity index (χ3v) is 4.70. The van der Waals surface area contributed by atoms with Gasteiger partial charge in [0.2, 0.25) is 0 Å². The van der Waals surface area contributed by atoms with Gasteiger partial charge in [-0.2, -0.15) is 0 Å². The Hall–Kier alpha value is -3.48. The molecule has 2 aromatic rings. The van der Waals surface area contributed by atoms with Gasteiger partial charge in [-0.15, -0.1) is 0 Å². The van der Waals surface area contributed by atoms with Gasteiger partial charge >= 0.3 is 6.09 Å². The zero-order valence-corrected chi connectivity index (χ0v) is 18.5. The Morgan fingerprint density at radius 3 is 2.26 bits per heavy atom. The quantitative estimate of drug-likeness (QED) is 0.676. The fourth-order valence-electron chi connectivity index (χ4n) is 3.25. The van der Waals surface area contributed by atoms with E-state index in [9.17, 15) is 9.59 Å². The van der Waals surface area contributed by atoms with E-state index in [1.807, 2.05) is 45.0 Å². The van der Waals surface area contributed by atoms with Crippen LogP contribution in [-0.4, -0.2) is 44.9 Å². The van der Waals surface area contributed by atoms with Gasteiger partial charge in [-0.05, 0) is 56.7 Å². The normalized spacial score (nSPS) is 13.7. The van der Waals surface area contributed by atoms with E-state index < -0.39 is 11.7 Å². The number of methoxy groups -OCH3 is 2. The molecule has 0 saturated carbocycles. The van der Waals surface area contributed by atoms with Crippen molar-refractivity contribution in [3.05, 3.63) is 54.1 Å².